The minimum absolute atomic E-state index is 0.175. The van der Waals surface area contributed by atoms with Gasteiger partial charge in [-0.3, -0.25) is 14.9 Å². The van der Waals surface area contributed by atoms with E-state index in [0.717, 1.165) is 16.0 Å². The number of amides is 4. The van der Waals surface area contributed by atoms with E-state index in [0.29, 0.717) is 40.9 Å². The number of nitrogens with one attached hydrogen (secondary N) is 1. The number of barbiturate groups is 1. The van der Waals surface area contributed by atoms with Gasteiger partial charge in [0.2, 0.25) is 6.79 Å². The van der Waals surface area contributed by atoms with Crippen molar-refractivity contribution in [3.8, 4) is 23.0 Å². The van der Waals surface area contributed by atoms with E-state index < -0.39 is 17.8 Å². The van der Waals surface area contributed by atoms with Gasteiger partial charge in [-0.15, -0.1) is 0 Å². The van der Waals surface area contributed by atoms with Crippen molar-refractivity contribution in [1.29, 1.82) is 0 Å². The maximum atomic E-state index is 13.2. The molecule has 0 unspecified atom stereocenters. The van der Waals surface area contributed by atoms with E-state index in [1.807, 2.05) is 26.0 Å². The highest BCUT2D eigenvalue weighted by atomic mass is 35.5. The molecule has 10 heteroatoms. The van der Waals surface area contributed by atoms with E-state index in [2.05, 4.69) is 5.32 Å². The molecular formula is C28H23ClN2O7. The van der Waals surface area contributed by atoms with Gasteiger partial charge in [0.25, 0.3) is 11.8 Å². The summed E-state index contributed by atoms with van der Waals surface area (Å²) in [5.41, 5.74) is 2.34. The van der Waals surface area contributed by atoms with Gasteiger partial charge >= 0.3 is 6.03 Å². The second-order valence-electron chi connectivity index (χ2n) is 8.53. The fourth-order valence-electron chi connectivity index (χ4n) is 4.01. The summed E-state index contributed by atoms with van der Waals surface area (Å²) in [6, 6.07) is 14.6. The Labute approximate surface area is 223 Å². The van der Waals surface area contributed by atoms with E-state index in [4.69, 9.17) is 30.5 Å². The second kappa shape index (κ2) is 10.5. The molecule has 1 saturated heterocycles. The highest BCUT2D eigenvalue weighted by Gasteiger charge is 2.36. The molecular weight excluding hydrogens is 512 g/mol. The predicted octanol–water partition coefficient (Wildman–Crippen LogP) is 5.02. The Morgan fingerprint density at radius 1 is 1.00 bits per heavy atom. The molecule has 0 radical (unpaired) electrons. The van der Waals surface area contributed by atoms with Crippen LogP contribution in [-0.4, -0.2) is 31.2 Å². The number of ether oxygens (including phenoxy) is 4. The largest absolute Gasteiger partial charge is 0.490 e. The summed E-state index contributed by atoms with van der Waals surface area (Å²) in [6.07, 6.45) is 1.36. The van der Waals surface area contributed by atoms with Gasteiger partial charge in [0, 0.05) is 0 Å². The van der Waals surface area contributed by atoms with Crippen LogP contribution in [0, 0.1) is 6.92 Å². The lowest BCUT2D eigenvalue weighted by Gasteiger charge is -2.26. The van der Waals surface area contributed by atoms with Crippen molar-refractivity contribution < 1.29 is 33.3 Å². The third-order valence-electron chi connectivity index (χ3n) is 5.86. The van der Waals surface area contributed by atoms with E-state index in [1.165, 1.54) is 6.08 Å². The van der Waals surface area contributed by atoms with Gasteiger partial charge in [-0.2, -0.15) is 0 Å². The maximum Gasteiger partial charge on any atom is 0.335 e. The minimum Gasteiger partial charge on any atom is -0.490 e. The number of halogens is 1. The Kier molecular flexibility index (Phi) is 6.93. The van der Waals surface area contributed by atoms with Gasteiger partial charge in [0.1, 0.15) is 12.2 Å². The summed E-state index contributed by atoms with van der Waals surface area (Å²) in [5, 5.41) is 2.44. The first kappa shape index (κ1) is 25.2. The number of nitrogens with zero attached hydrogens (tertiary/aromatic N) is 1. The van der Waals surface area contributed by atoms with Crippen LogP contribution in [0.4, 0.5) is 10.5 Å². The lowest BCUT2D eigenvalue weighted by Crippen LogP contribution is -2.54. The summed E-state index contributed by atoms with van der Waals surface area (Å²) in [4.78, 5) is 39.2. The van der Waals surface area contributed by atoms with Crippen LogP contribution >= 0.6 is 11.6 Å². The van der Waals surface area contributed by atoms with Crippen molar-refractivity contribution in [3.63, 3.8) is 0 Å². The molecule has 4 amide bonds. The molecule has 1 fully saturated rings. The number of fused-ring (bicyclic) bond motifs is 1. The fourth-order valence-corrected chi connectivity index (χ4v) is 4.29. The lowest BCUT2D eigenvalue weighted by atomic mass is 10.1. The molecule has 2 aliphatic rings. The van der Waals surface area contributed by atoms with Crippen LogP contribution in [0.5, 0.6) is 23.0 Å². The molecule has 3 aromatic rings. The van der Waals surface area contributed by atoms with Crippen molar-refractivity contribution in [2.45, 2.75) is 20.5 Å². The first-order valence-electron chi connectivity index (χ1n) is 11.8. The average molecular weight is 535 g/mol. The third kappa shape index (κ3) is 5.01. The van der Waals surface area contributed by atoms with Crippen molar-refractivity contribution in [2.24, 2.45) is 0 Å². The molecule has 2 aliphatic heterocycles. The summed E-state index contributed by atoms with van der Waals surface area (Å²) >= 11 is 6.55. The Balaban J connectivity index is 1.42. The molecule has 9 nitrogen and oxygen atoms in total. The van der Waals surface area contributed by atoms with Gasteiger partial charge in [-0.05, 0) is 67.4 Å². The van der Waals surface area contributed by atoms with Crippen molar-refractivity contribution in [1.82, 2.24) is 5.32 Å². The molecule has 0 aromatic heterocycles. The molecule has 5 rings (SSSR count). The maximum absolute atomic E-state index is 13.2. The summed E-state index contributed by atoms with van der Waals surface area (Å²) in [7, 11) is 0. The van der Waals surface area contributed by atoms with Gasteiger partial charge in [0.15, 0.2) is 23.0 Å². The Hall–Kier alpha value is -4.50. The highest BCUT2D eigenvalue weighted by Crippen LogP contribution is 2.39. The molecule has 2 heterocycles. The first-order chi connectivity index (χ1) is 18.3. The van der Waals surface area contributed by atoms with Gasteiger partial charge < -0.3 is 18.9 Å². The first-order valence-corrected chi connectivity index (χ1v) is 12.2. The van der Waals surface area contributed by atoms with E-state index in [1.54, 1.807) is 42.5 Å². The van der Waals surface area contributed by atoms with Crippen LogP contribution in [0.1, 0.15) is 23.6 Å². The van der Waals surface area contributed by atoms with Gasteiger partial charge in [0.05, 0.1) is 17.3 Å². The number of hydrogen-bond donors (Lipinski definition) is 1. The highest BCUT2D eigenvalue weighted by molar-refractivity contribution is 6.39. The van der Waals surface area contributed by atoms with Crippen LogP contribution < -0.4 is 29.2 Å². The van der Waals surface area contributed by atoms with Crippen LogP contribution in [0.2, 0.25) is 5.02 Å². The van der Waals surface area contributed by atoms with Gasteiger partial charge in [-0.25, -0.2) is 9.69 Å². The number of urea groups is 1. The zero-order valence-corrected chi connectivity index (χ0v) is 21.3. The average Bonchev–Trinajstić information content (AvgIpc) is 3.35. The molecule has 0 aliphatic carbocycles. The Morgan fingerprint density at radius 3 is 2.53 bits per heavy atom. The van der Waals surface area contributed by atoms with Crippen LogP contribution in [0.3, 0.4) is 0 Å². The predicted molar refractivity (Wildman–Crippen MR) is 140 cm³/mol. The van der Waals surface area contributed by atoms with Gasteiger partial charge in [-0.1, -0.05) is 35.4 Å². The van der Waals surface area contributed by atoms with E-state index >= 15 is 0 Å². The van der Waals surface area contributed by atoms with Crippen LogP contribution in [0.15, 0.2) is 60.2 Å². The van der Waals surface area contributed by atoms with Crippen molar-refractivity contribution in [3.05, 3.63) is 81.9 Å². The number of carbonyl (C=O) groups is 3. The van der Waals surface area contributed by atoms with Crippen molar-refractivity contribution in [2.75, 3.05) is 18.3 Å². The zero-order valence-electron chi connectivity index (χ0n) is 20.6. The Bertz CT molecular complexity index is 1470. The molecule has 0 spiro atoms. The fraction of sp³-hybridized carbons (Fsp3) is 0.179. The summed E-state index contributed by atoms with van der Waals surface area (Å²) in [5.74, 6) is 0.397. The number of hydrogen-bond acceptors (Lipinski definition) is 7. The number of rotatable bonds is 7. The molecule has 0 bridgehead atoms. The smallest absolute Gasteiger partial charge is 0.335 e. The lowest BCUT2D eigenvalue weighted by molar-refractivity contribution is -0.122. The molecule has 38 heavy (non-hydrogen) atoms. The standard InChI is InChI=1S/C28H23ClN2O7/c1-3-35-24-13-18(11-21(29)25(24)36-14-17-6-9-22-23(12-17)38-15-37-22)10-20-26(32)30-28(34)31(27(20)33)19-7-4-16(2)5-8-19/h4-13H,3,14-15H2,1-2H3,(H,30,32,34)/b20-10+. The zero-order chi connectivity index (χ0) is 26.8. The number of anilines is 1. The molecule has 0 atom stereocenters. The molecule has 1 N–H and O–H groups in total. The number of carbonyl (C=O) groups excluding carboxylic acids is 3. The minimum atomic E-state index is -0.818. The third-order valence-corrected chi connectivity index (χ3v) is 6.14. The molecule has 0 saturated carbocycles. The normalized spacial score (nSPS) is 15.6. The SMILES string of the molecule is CCOc1cc(/C=C2\C(=O)NC(=O)N(c3ccc(C)cc3)C2=O)cc(Cl)c1OCc1ccc2c(c1)OCO2. The topological polar surface area (TPSA) is 103 Å². The van der Waals surface area contributed by atoms with Crippen molar-refractivity contribution >= 4 is 41.2 Å². The number of aryl methyl sites for hydroxylation is 1. The monoisotopic (exact) mass is 534 g/mol. The molecule has 194 valence electrons. The molecule has 3 aromatic carbocycles. The summed E-state index contributed by atoms with van der Waals surface area (Å²) in [6.45, 7) is 4.38. The van der Waals surface area contributed by atoms with Crippen LogP contribution in [0.25, 0.3) is 6.08 Å². The van der Waals surface area contributed by atoms with Crippen LogP contribution in [-0.2, 0) is 16.2 Å². The summed E-state index contributed by atoms with van der Waals surface area (Å²) < 4.78 is 22.5. The second-order valence-corrected chi connectivity index (χ2v) is 8.94. The Morgan fingerprint density at radius 2 is 1.76 bits per heavy atom. The number of imide groups is 2. The quantitative estimate of drug-likeness (QED) is 0.335. The van der Waals surface area contributed by atoms with E-state index in [9.17, 15) is 14.4 Å². The number of benzene rings is 3. The van der Waals surface area contributed by atoms with E-state index in [-0.39, 0.29) is 24.0 Å².